The summed E-state index contributed by atoms with van der Waals surface area (Å²) in [6.07, 6.45) is 0. The smallest absolute Gasteiger partial charge is 0.143 e. The van der Waals surface area contributed by atoms with Crippen LogP contribution in [-0.2, 0) is 0 Å². The molecule has 3 nitrogen and oxygen atoms in total. The minimum absolute atomic E-state index is 0.0782. The molecule has 2 aromatic heterocycles. The summed E-state index contributed by atoms with van der Waals surface area (Å²) < 4.78 is 84.7. The van der Waals surface area contributed by atoms with Crippen LogP contribution in [0.1, 0.15) is 11.0 Å². The van der Waals surface area contributed by atoms with Crippen LogP contribution < -0.4 is 4.90 Å². The van der Waals surface area contributed by atoms with Crippen LogP contribution in [0.2, 0.25) is 0 Å². The van der Waals surface area contributed by atoms with Crippen molar-refractivity contribution in [1.29, 1.82) is 0 Å². The first kappa shape index (κ1) is 25.5. The van der Waals surface area contributed by atoms with Gasteiger partial charge in [-0.1, -0.05) is 158 Å². The zero-order chi connectivity index (χ0) is 44.7. The van der Waals surface area contributed by atoms with Crippen molar-refractivity contribution in [1.82, 2.24) is 4.57 Å². The zero-order valence-corrected chi connectivity index (χ0v) is 30.5. The van der Waals surface area contributed by atoms with Gasteiger partial charge in [0.1, 0.15) is 11.2 Å². The van der Waals surface area contributed by atoms with Gasteiger partial charge in [-0.3, -0.25) is 0 Å². The zero-order valence-electron chi connectivity index (χ0n) is 38.5. The largest absolute Gasteiger partial charge is 0.455 e. The Morgan fingerprint density at radius 3 is 1.61 bits per heavy atom. The van der Waals surface area contributed by atoms with E-state index in [4.69, 9.17) is 4.42 Å². The molecule has 0 atom stereocenters. The third-order valence-electron chi connectivity index (χ3n) is 10.6. The highest BCUT2D eigenvalue weighted by Crippen LogP contribution is 2.41. The fourth-order valence-corrected chi connectivity index (χ4v) is 7.92. The van der Waals surface area contributed by atoms with Crippen molar-refractivity contribution >= 4 is 60.8 Å². The van der Waals surface area contributed by atoms with E-state index in [0.29, 0.717) is 28.1 Å². The van der Waals surface area contributed by atoms with Crippen LogP contribution in [0.15, 0.2) is 223 Å². The lowest BCUT2D eigenvalue weighted by molar-refractivity contribution is 0.670. The number of rotatable bonds is 7. The fraction of sp³-hybridized carbons (Fsp3) is 0. The van der Waals surface area contributed by atoms with Crippen molar-refractivity contribution in [3.63, 3.8) is 0 Å². The Labute approximate surface area is 342 Å². The maximum Gasteiger partial charge on any atom is 0.143 e. The summed E-state index contributed by atoms with van der Waals surface area (Å²) in [7, 11) is 0. The highest BCUT2D eigenvalue weighted by molar-refractivity contribution is 6.10. The molecule has 0 saturated heterocycles. The van der Waals surface area contributed by atoms with Crippen LogP contribution in [0, 0.1) is 0 Å². The number of para-hydroxylation sites is 5. The van der Waals surface area contributed by atoms with Gasteiger partial charge in [0, 0.05) is 49.7 Å². The van der Waals surface area contributed by atoms with Crippen LogP contribution in [-0.4, -0.2) is 4.57 Å². The van der Waals surface area contributed by atoms with Gasteiger partial charge < -0.3 is 13.9 Å². The summed E-state index contributed by atoms with van der Waals surface area (Å²) >= 11 is 0. The average molecular weight is 737 g/mol. The van der Waals surface area contributed by atoms with Gasteiger partial charge in [0.2, 0.25) is 0 Å². The van der Waals surface area contributed by atoms with E-state index < -0.39 is 24.2 Å². The van der Waals surface area contributed by atoms with Crippen LogP contribution in [0.4, 0.5) is 17.1 Å². The molecule has 268 valence electrons. The number of fused-ring (bicyclic) bond motifs is 6. The summed E-state index contributed by atoms with van der Waals surface area (Å²) in [5.74, 6) is 0. The number of anilines is 3. The quantitative estimate of drug-likeness (QED) is 0.162. The van der Waals surface area contributed by atoms with Crippen molar-refractivity contribution in [2.75, 3.05) is 4.90 Å². The van der Waals surface area contributed by atoms with Gasteiger partial charge in [-0.05, 0) is 82.8 Å². The molecule has 11 aromatic rings. The maximum absolute atomic E-state index is 9.74. The molecule has 0 spiro atoms. The summed E-state index contributed by atoms with van der Waals surface area (Å²) in [6.45, 7) is 0. The highest BCUT2D eigenvalue weighted by Gasteiger charge is 2.18. The van der Waals surface area contributed by atoms with Gasteiger partial charge in [0.15, 0.2) is 0 Å². The first-order valence-corrected chi connectivity index (χ1v) is 18.8. The van der Waals surface area contributed by atoms with E-state index in [1.807, 2.05) is 115 Å². The van der Waals surface area contributed by atoms with Crippen LogP contribution in [0.5, 0.6) is 0 Å². The Kier molecular flexibility index (Phi) is 6.07. The number of benzene rings is 9. The monoisotopic (exact) mass is 736 g/mol. The molecular formula is C54H36N2O. The average Bonchev–Trinajstić information content (AvgIpc) is 3.89. The normalized spacial score (nSPS) is 13.5. The fourth-order valence-electron chi connectivity index (χ4n) is 7.92. The third kappa shape index (κ3) is 5.60. The van der Waals surface area contributed by atoms with Crippen molar-refractivity contribution in [3.8, 4) is 39.1 Å². The molecular weight excluding hydrogens is 693 g/mol. The standard InChI is InChI=1S/C54H36N2O/c1-2-13-37(14-3-1)38-25-31-41(32-26-38)55(43-35-29-40(30-36-43)45-19-12-20-49-48-18-7-11-24-53(48)57-54(45)49)42-33-27-39(28-34-42)44-15-4-8-21-50(44)56-51-22-9-5-16-46(51)47-17-6-10-23-52(47)56/h1-36H/i25D,26D,27D,28D,31D,32D,33D,34D. The highest BCUT2D eigenvalue weighted by atomic mass is 16.3. The third-order valence-corrected chi connectivity index (χ3v) is 10.6. The van der Waals surface area contributed by atoms with E-state index in [0.717, 1.165) is 49.3 Å². The molecule has 0 radical (unpaired) electrons. The SMILES string of the molecule is [2H]c1c([2H])c(N(c2ccc(-c3cccc4c3oc3ccccc34)cc2)c2c([2H])c([2H])c(-c3ccccc3-n3c4ccccc4c4ccccc43)c([2H])c2[2H])c([2H])c([2H])c1-c1ccccc1. The van der Waals surface area contributed by atoms with Gasteiger partial charge in [-0.25, -0.2) is 0 Å². The van der Waals surface area contributed by atoms with Crippen molar-refractivity contribution < 1.29 is 15.4 Å². The number of nitrogens with zero attached hydrogens (tertiary/aromatic N) is 2. The Hall–Kier alpha value is -7.62. The second-order valence-corrected chi connectivity index (χ2v) is 13.9. The molecule has 3 heteroatoms. The van der Waals surface area contributed by atoms with Crippen LogP contribution >= 0.6 is 0 Å². The number of hydrogen-bond donors (Lipinski definition) is 0. The predicted molar refractivity (Wildman–Crippen MR) is 239 cm³/mol. The molecule has 2 heterocycles. The summed E-state index contributed by atoms with van der Waals surface area (Å²) in [5, 5.41) is 4.00. The first-order valence-electron chi connectivity index (χ1n) is 22.8. The number of aromatic nitrogens is 1. The molecule has 0 aliphatic heterocycles. The Morgan fingerprint density at radius 1 is 0.368 bits per heavy atom. The lowest BCUT2D eigenvalue weighted by atomic mass is 10.0. The molecule has 0 N–H and O–H groups in total. The Balaban J connectivity index is 1.13. The summed E-state index contributed by atoms with van der Waals surface area (Å²) in [4.78, 5) is 1.34. The van der Waals surface area contributed by atoms with Crippen molar-refractivity contribution in [3.05, 3.63) is 218 Å². The lowest BCUT2D eigenvalue weighted by Gasteiger charge is -2.26. The minimum Gasteiger partial charge on any atom is -0.455 e. The molecule has 9 aromatic carbocycles. The first-order chi connectivity index (χ1) is 31.6. The molecule has 0 amide bonds. The predicted octanol–water partition coefficient (Wildman–Crippen LogP) is 15.2. The van der Waals surface area contributed by atoms with E-state index in [1.165, 1.54) is 4.90 Å². The van der Waals surface area contributed by atoms with Crippen LogP contribution in [0.25, 0.3) is 82.8 Å². The van der Waals surface area contributed by atoms with Crippen molar-refractivity contribution in [2.45, 2.75) is 0 Å². The lowest BCUT2D eigenvalue weighted by Crippen LogP contribution is -2.09. The molecule has 0 saturated carbocycles. The second kappa shape index (κ2) is 13.6. The van der Waals surface area contributed by atoms with Gasteiger partial charge in [0.25, 0.3) is 0 Å². The van der Waals surface area contributed by atoms with E-state index >= 15 is 0 Å². The number of hydrogen-bond acceptors (Lipinski definition) is 2. The van der Waals surface area contributed by atoms with Crippen LogP contribution in [0.3, 0.4) is 0 Å². The van der Waals surface area contributed by atoms with Gasteiger partial charge in [-0.15, -0.1) is 0 Å². The molecule has 57 heavy (non-hydrogen) atoms. The molecule has 11 rings (SSSR count). The Bertz CT molecular complexity index is 3600. The van der Waals surface area contributed by atoms with Gasteiger partial charge >= 0.3 is 0 Å². The van der Waals surface area contributed by atoms with Crippen molar-refractivity contribution in [2.24, 2.45) is 0 Å². The van der Waals surface area contributed by atoms with E-state index in [-0.39, 0.29) is 46.7 Å². The molecule has 0 bridgehead atoms. The molecule has 0 aliphatic carbocycles. The van der Waals surface area contributed by atoms with E-state index in [9.17, 15) is 11.0 Å². The topological polar surface area (TPSA) is 21.3 Å². The molecule has 0 fully saturated rings. The van der Waals surface area contributed by atoms with Gasteiger partial charge in [0.05, 0.1) is 27.7 Å². The summed E-state index contributed by atoms with van der Waals surface area (Å²) in [6, 6.07) is 50.2. The van der Waals surface area contributed by atoms with E-state index in [2.05, 4.69) is 16.7 Å². The number of furan rings is 1. The Morgan fingerprint density at radius 2 is 0.912 bits per heavy atom. The maximum atomic E-state index is 9.74. The molecule has 0 unspecified atom stereocenters. The minimum atomic E-state index is -0.418. The second-order valence-electron chi connectivity index (χ2n) is 13.9. The van der Waals surface area contributed by atoms with Gasteiger partial charge in [-0.2, -0.15) is 0 Å². The summed E-state index contributed by atoms with van der Waals surface area (Å²) in [5.41, 5.74) is 6.60. The van der Waals surface area contributed by atoms with E-state index in [1.54, 1.807) is 42.5 Å². The molecule has 0 aliphatic rings.